The van der Waals surface area contributed by atoms with Gasteiger partial charge in [0.25, 0.3) is 0 Å². The summed E-state index contributed by atoms with van der Waals surface area (Å²) in [7, 11) is 0. The fourth-order valence-electron chi connectivity index (χ4n) is 2.23. The number of nitrogens with two attached hydrogens (primary N) is 1. The van der Waals surface area contributed by atoms with Gasteiger partial charge in [0.2, 0.25) is 5.91 Å². The lowest BCUT2D eigenvalue weighted by Crippen LogP contribution is -2.48. The van der Waals surface area contributed by atoms with E-state index in [-0.39, 0.29) is 10.9 Å². The molecule has 0 fully saturated rings. The number of amides is 1. The number of hydrogen-bond donors (Lipinski definition) is 2. The van der Waals surface area contributed by atoms with Crippen molar-refractivity contribution >= 4 is 23.1 Å². The quantitative estimate of drug-likeness (QED) is 0.715. The largest absolute Gasteiger partial charge is 0.392 e. The van der Waals surface area contributed by atoms with Crippen molar-refractivity contribution in [2.75, 3.05) is 0 Å². The predicted molar refractivity (Wildman–Crippen MR) is 77.4 cm³/mol. The Morgan fingerprint density at radius 3 is 2.53 bits per heavy atom. The molecule has 0 atom stereocenters. The van der Waals surface area contributed by atoms with E-state index in [1.54, 1.807) is 6.07 Å². The van der Waals surface area contributed by atoms with Gasteiger partial charge in [-0.2, -0.15) is 0 Å². The Morgan fingerprint density at radius 2 is 2.11 bits per heavy atom. The van der Waals surface area contributed by atoms with Gasteiger partial charge in [-0.3, -0.25) is 4.79 Å². The van der Waals surface area contributed by atoms with Gasteiger partial charge in [-0.1, -0.05) is 44.1 Å². The number of nitrogens with one attached hydrogen (secondary N) is 1. The lowest BCUT2D eigenvalue weighted by atomic mass is 9.78. The van der Waals surface area contributed by atoms with E-state index in [1.165, 1.54) is 6.26 Å². The first-order chi connectivity index (χ1) is 9.06. The smallest absolute Gasteiger partial charge is 0.233 e. The summed E-state index contributed by atoms with van der Waals surface area (Å²) in [6.07, 6.45) is 4.52. The minimum Gasteiger partial charge on any atom is -0.392 e. The first-order valence-electron chi connectivity index (χ1n) is 6.54. The molecule has 0 radical (unpaired) electrons. The van der Waals surface area contributed by atoms with E-state index in [0.717, 1.165) is 12.8 Å². The zero-order valence-corrected chi connectivity index (χ0v) is 12.3. The number of thiocarbonyl (C=S) groups is 1. The molecule has 19 heavy (non-hydrogen) atoms. The van der Waals surface area contributed by atoms with Crippen LogP contribution in [0.15, 0.2) is 16.9 Å². The summed E-state index contributed by atoms with van der Waals surface area (Å²) in [6, 6.07) is 1.71. The average Bonchev–Trinajstić information content (AvgIpc) is 2.88. The van der Waals surface area contributed by atoms with Crippen molar-refractivity contribution in [3.05, 3.63) is 18.0 Å². The van der Waals surface area contributed by atoms with E-state index in [1.807, 2.05) is 13.8 Å². The molecule has 1 aromatic heterocycles. The first kappa shape index (κ1) is 15.6. The molecule has 6 heteroatoms. The van der Waals surface area contributed by atoms with E-state index in [2.05, 4.69) is 10.5 Å². The Labute approximate surface area is 118 Å². The van der Waals surface area contributed by atoms with Crippen molar-refractivity contribution in [1.82, 2.24) is 10.5 Å². The van der Waals surface area contributed by atoms with Crippen LogP contribution in [0.4, 0.5) is 0 Å². The highest BCUT2D eigenvalue weighted by atomic mass is 32.1. The van der Waals surface area contributed by atoms with Gasteiger partial charge < -0.3 is 15.6 Å². The predicted octanol–water partition coefficient (Wildman–Crippen LogP) is 2.16. The maximum Gasteiger partial charge on any atom is 0.233 e. The molecule has 0 saturated heterocycles. The highest BCUT2D eigenvalue weighted by Crippen LogP contribution is 2.31. The molecule has 1 rings (SSSR count). The van der Waals surface area contributed by atoms with E-state index >= 15 is 0 Å². The minimum absolute atomic E-state index is 0.119. The van der Waals surface area contributed by atoms with Gasteiger partial charge in [-0.15, -0.1) is 0 Å². The number of carbonyl (C=O) groups is 1. The fourth-order valence-corrected chi connectivity index (χ4v) is 2.53. The zero-order chi connectivity index (χ0) is 14.3. The molecule has 0 spiro atoms. The summed E-state index contributed by atoms with van der Waals surface area (Å²) in [5.74, 6) is -0.119. The van der Waals surface area contributed by atoms with Gasteiger partial charge in [0.05, 0.1) is 16.9 Å². The number of hydrogen-bond acceptors (Lipinski definition) is 4. The summed E-state index contributed by atoms with van der Waals surface area (Å²) in [5.41, 5.74) is 5.76. The van der Waals surface area contributed by atoms with E-state index in [0.29, 0.717) is 25.1 Å². The average molecular weight is 283 g/mol. The topological polar surface area (TPSA) is 81.2 Å². The second-order valence-corrected chi connectivity index (χ2v) is 5.06. The van der Waals surface area contributed by atoms with Crippen molar-refractivity contribution < 1.29 is 9.32 Å². The second-order valence-electron chi connectivity index (χ2n) is 4.62. The van der Waals surface area contributed by atoms with Gasteiger partial charge in [0.15, 0.2) is 0 Å². The molecular weight excluding hydrogens is 262 g/mol. The Bertz CT molecular complexity index is 412. The number of rotatable bonds is 8. The van der Waals surface area contributed by atoms with Crippen LogP contribution in [0.3, 0.4) is 0 Å². The van der Waals surface area contributed by atoms with E-state index in [9.17, 15) is 4.79 Å². The van der Waals surface area contributed by atoms with Gasteiger partial charge >= 0.3 is 0 Å². The molecule has 5 nitrogen and oxygen atoms in total. The third-order valence-corrected chi connectivity index (χ3v) is 3.57. The lowest BCUT2D eigenvalue weighted by molar-refractivity contribution is -0.128. The molecular formula is C13H21N3O2S. The molecule has 1 heterocycles. The van der Waals surface area contributed by atoms with Gasteiger partial charge in [-0.25, -0.2) is 0 Å². The van der Waals surface area contributed by atoms with Gasteiger partial charge in [0, 0.05) is 6.07 Å². The third kappa shape index (κ3) is 3.76. The Morgan fingerprint density at radius 1 is 1.47 bits per heavy atom. The first-order valence-corrected chi connectivity index (χ1v) is 6.95. The Kier molecular flexibility index (Phi) is 5.95. The molecule has 0 aliphatic heterocycles. The van der Waals surface area contributed by atoms with Gasteiger partial charge in [0.1, 0.15) is 12.0 Å². The van der Waals surface area contributed by atoms with Crippen molar-refractivity contribution in [1.29, 1.82) is 0 Å². The summed E-state index contributed by atoms with van der Waals surface area (Å²) < 4.78 is 4.72. The fraction of sp³-hybridized carbons (Fsp3) is 0.615. The van der Waals surface area contributed by atoms with Crippen LogP contribution < -0.4 is 11.1 Å². The van der Waals surface area contributed by atoms with Crippen molar-refractivity contribution in [2.45, 2.75) is 46.1 Å². The van der Waals surface area contributed by atoms with E-state index in [4.69, 9.17) is 22.5 Å². The second kappa shape index (κ2) is 7.23. The minimum atomic E-state index is -0.747. The van der Waals surface area contributed by atoms with Crippen LogP contribution in [0, 0.1) is 5.41 Å². The lowest BCUT2D eigenvalue weighted by Gasteiger charge is -2.30. The van der Waals surface area contributed by atoms with Crippen molar-refractivity contribution in [3.8, 4) is 0 Å². The monoisotopic (exact) mass is 283 g/mol. The Balaban J connectivity index is 2.77. The SMILES string of the molecule is CCCC(CCC)(C(=O)NCc1ccon1)C(N)=S. The van der Waals surface area contributed by atoms with Crippen LogP contribution in [0.5, 0.6) is 0 Å². The molecule has 106 valence electrons. The molecule has 0 bridgehead atoms. The summed E-state index contributed by atoms with van der Waals surface area (Å²) in [6.45, 7) is 4.37. The highest BCUT2D eigenvalue weighted by molar-refractivity contribution is 7.80. The highest BCUT2D eigenvalue weighted by Gasteiger charge is 2.39. The maximum atomic E-state index is 12.4. The summed E-state index contributed by atoms with van der Waals surface area (Å²) in [5, 5.41) is 6.60. The molecule has 3 N–H and O–H groups in total. The van der Waals surface area contributed by atoms with Gasteiger partial charge in [-0.05, 0) is 12.8 Å². The number of carbonyl (C=O) groups excluding carboxylic acids is 1. The van der Waals surface area contributed by atoms with Crippen LogP contribution in [-0.4, -0.2) is 16.1 Å². The molecule has 0 aliphatic carbocycles. The van der Waals surface area contributed by atoms with Crippen molar-refractivity contribution in [3.63, 3.8) is 0 Å². The molecule has 0 aromatic carbocycles. The standard InChI is InChI=1S/C13H21N3O2S/c1-3-6-13(7-4-2,11(14)19)12(17)15-9-10-5-8-18-16-10/h5,8H,3-4,6-7,9H2,1-2H3,(H2,14,19)(H,15,17). The molecule has 0 unspecified atom stereocenters. The van der Waals surface area contributed by atoms with Crippen molar-refractivity contribution in [2.24, 2.45) is 11.1 Å². The summed E-state index contributed by atoms with van der Waals surface area (Å²) in [4.78, 5) is 12.7. The van der Waals surface area contributed by atoms with Crippen LogP contribution >= 0.6 is 12.2 Å². The van der Waals surface area contributed by atoms with Crippen LogP contribution in [0.2, 0.25) is 0 Å². The van der Waals surface area contributed by atoms with Crippen LogP contribution in [-0.2, 0) is 11.3 Å². The van der Waals surface area contributed by atoms with Crippen LogP contribution in [0.1, 0.15) is 45.2 Å². The zero-order valence-electron chi connectivity index (χ0n) is 11.4. The molecule has 1 amide bonds. The molecule has 1 aromatic rings. The molecule has 0 saturated carbocycles. The van der Waals surface area contributed by atoms with E-state index < -0.39 is 5.41 Å². The maximum absolute atomic E-state index is 12.4. The van der Waals surface area contributed by atoms with Crippen LogP contribution in [0.25, 0.3) is 0 Å². The number of nitrogens with zero attached hydrogens (tertiary/aromatic N) is 1. The molecule has 0 aliphatic rings. The normalized spacial score (nSPS) is 11.3. The summed E-state index contributed by atoms with van der Waals surface area (Å²) >= 11 is 5.13. The number of aromatic nitrogens is 1. The third-order valence-electron chi connectivity index (χ3n) is 3.18. The Hall–Kier alpha value is -1.43.